The lowest BCUT2D eigenvalue weighted by Crippen LogP contribution is -2.41. The highest BCUT2D eigenvalue weighted by molar-refractivity contribution is 5.79. The minimum Gasteiger partial charge on any atom is -0.492 e. The highest BCUT2D eigenvalue weighted by atomic mass is 19.4. The average Bonchev–Trinajstić information content (AvgIpc) is 2.42. The topological polar surface area (TPSA) is 45.7 Å². The number of benzene rings is 1. The molecule has 0 saturated heterocycles. The van der Waals surface area contributed by atoms with Gasteiger partial charge in [-0.1, -0.05) is 6.07 Å². The van der Waals surface area contributed by atoms with Crippen LogP contribution in [0.15, 0.2) is 29.3 Å². The fourth-order valence-electron chi connectivity index (χ4n) is 1.68. The van der Waals surface area contributed by atoms with E-state index in [1.165, 1.54) is 12.1 Å². The lowest BCUT2D eigenvalue weighted by atomic mass is 10.2. The molecule has 2 N–H and O–H groups in total. The van der Waals surface area contributed by atoms with Gasteiger partial charge in [0.05, 0.1) is 12.1 Å². The molecule has 0 radical (unpaired) electrons. The molecule has 0 fully saturated rings. The molecule has 124 valence electrons. The number of guanidine groups is 1. The number of aliphatic imine (C=N–C) groups is 1. The Hall–Kier alpha value is -1.92. The van der Waals surface area contributed by atoms with Crippen molar-refractivity contribution in [2.75, 3.05) is 19.7 Å². The zero-order valence-corrected chi connectivity index (χ0v) is 13.0. The van der Waals surface area contributed by atoms with E-state index in [0.717, 1.165) is 18.7 Å². The van der Waals surface area contributed by atoms with Gasteiger partial charge >= 0.3 is 6.18 Å². The van der Waals surface area contributed by atoms with Crippen LogP contribution in [0.3, 0.4) is 0 Å². The van der Waals surface area contributed by atoms with Gasteiger partial charge in [0.1, 0.15) is 12.4 Å². The van der Waals surface area contributed by atoms with E-state index in [-0.39, 0.29) is 18.4 Å². The lowest BCUT2D eigenvalue weighted by Gasteiger charge is -2.14. The van der Waals surface area contributed by atoms with Crippen molar-refractivity contribution in [3.05, 3.63) is 29.8 Å². The molecule has 0 unspecified atom stereocenters. The first-order valence-corrected chi connectivity index (χ1v) is 7.17. The van der Waals surface area contributed by atoms with Gasteiger partial charge in [-0.15, -0.1) is 0 Å². The largest absolute Gasteiger partial charge is 0.492 e. The van der Waals surface area contributed by atoms with Crippen molar-refractivity contribution >= 4 is 5.96 Å². The third-order valence-corrected chi connectivity index (χ3v) is 2.56. The van der Waals surface area contributed by atoms with Crippen LogP contribution in [0.1, 0.15) is 26.3 Å². The highest BCUT2D eigenvalue weighted by Gasteiger charge is 2.30. The standard InChI is InChI=1S/C15H22F3N3O/c1-4-19-14(21-11(2)3)20-8-9-22-13-7-5-6-12(10-13)15(16,17)18/h5-7,10-11H,4,8-9H2,1-3H3,(H2,19,20,21). The first-order valence-electron chi connectivity index (χ1n) is 7.17. The Kier molecular flexibility index (Phi) is 7.01. The monoisotopic (exact) mass is 317 g/mol. The summed E-state index contributed by atoms with van der Waals surface area (Å²) in [5, 5.41) is 6.22. The quantitative estimate of drug-likeness (QED) is 0.481. The Labute approximate surface area is 128 Å². The third-order valence-electron chi connectivity index (χ3n) is 2.56. The van der Waals surface area contributed by atoms with Crippen molar-refractivity contribution in [2.24, 2.45) is 4.99 Å². The molecule has 0 aliphatic carbocycles. The van der Waals surface area contributed by atoms with Crippen LogP contribution < -0.4 is 15.4 Å². The summed E-state index contributed by atoms with van der Waals surface area (Å²) in [7, 11) is 0. The molecule has 1 rings (SSSR count). The van der Waals surface area contributed by atoms with Gasteiger partial charge in [0.25, 0.3) is 0 Å². The van der Waals surface area contributed by atoms with Crippen LogP contribution in [0.2, 0.25) is 0 Å². The third kappa shape index (κ3) is 6.69. The molecule has 0 aliphatic heterocycles. The van der Waals surface area contributed by atoms with Crippen LogP contribution in [0.5, 0.6) is 5.75 Å². The Morgan fingerprint density at radius 3 is 2.64 bits per heavy atom. The SMILES string of the molecule is CCNC(=NCCOc1cccc(C(F)(F)F)c1)NC(C)C. The van der Waals surface area contributed by atoms with Gasteiger partial charge in [0.15, 0.2) is 5.96 Å². The van der Waals surface area contributed by atoms with E-state index >= 15 is 0 Å². The predicted molar refractivity (Wildman–Crippen MR) is 81.2 cm³/mol. The molecule has 22 heavy (non-hydrogen) atoms. The Morgan fingerprint density at radius 1 is 1.32 bits per heavy atom. The molecule has 0 aliphatic rings. The van der Waals surface area contributed by atoms with Gasteiger partial charge in [-0.05, 0) is 39.0 Å². The summed E-state index contributed by atoms with van der Waals surface area (Å²) >= 11 is 0. The van der Waals surface area contributed by atoms with E-state index in [0.29, 0.717) is 12.5 Å². The fourth-order valence-corrected chi connectivity index (χ4v) is 1.68. The Bertz CT molecular complexity index is 487. The van der Waals surface area contributed by atoms with Gasteiger partial charge < -0.3 is 15.4 Å². The number of alkyl halides is 3. The molecule has 7 heteroatoms. The molecular weight excluding hydrogens is 295 g/mol. The summed E-state index contributed by atoms with van der Waals surface area (Å²) in [4.78, 5) is 4.29. The molecule has 0 saturated carbocycles. The second-order valence-electron chi connectivity index (χ2n) is 4.93. The van der Waals surface area contributed by atoms with Gasteiger partial charge in [-0.25, -0.2) is 4.99 Å². The zero-order valence-electron chi connectivity index (χ0n) is 13.0. The minimum absolute atomic E-state index is 0.187. The van der Waals surface area contributed by atoms with E-state index in [2.05, 4.69) is 15.6 Å². The second kappa shape index (κ2) is 8.51. The van der Waals surface area contributed by atoms with Crippen LogP contribution in [0.25, 0.3) is 0 Å². The van der Waals surface area contributed by atoms with Gasteiger partial charge in [-0.2, -0.15) is 13.2 Å². The van der Waals surface area contributed by atoms with Crippen LogP contribution in [-0.2, 0) is 6.18 Å². The molecule has 0 amide bonds. The zero-order chi connectivity index (χ0) is 16.6. The van der Waals surface area contributed by atoms with E-state index in [1.807, 2.05) is 20.8 Å². The maximum absolute atomic E-state index is 12.6. The summed E-state index contributed by atoms with van der Waals surface area (Å²) in [6.45, 7) is 7.22. The molecule has 0 bridgehead atoms. The number of nitrogens with zero attached hydrogens (tertiary/aromatic N) is 1. The van der Waals surface area contributed by atoms with Gasteiger partial charge in [-0.3, -0.25) is 0 Å². The fraction of sp³-hybridized carbons (Fsp3) is 0.533. The minimum atomic E-state index is -4.36. The lowest BCUT2D eigenvalue weighted by molar-refractivity contribution is -0.137. The summed E-state index contributed by atoms with van der Waals surface area (Å²) in [6.07, 6.45) is -4.36. The molecule has 1 aromatic carbocycles. The molecular formula is C15H22F3N3O. The first-order chi connectivity index (χ1) is 10.3. The summed E-state index contributed by atoms with van der Waals surface area (Å²) in [6, 6.07) is 5.06. The van der Waals surface area contributed by atoms with Crippen LogP contribution in [0, 0.1) is 0 Å². The maximum Gasteiger partial charge on any atom is 0.416 e. The smallest absolute Gasteiger partial charge is 0.416 e. The Morgan fingerprint density at radius 2 is 2.05 bits per heavy atom. The van der Waals surface area contributed by atoms with Gasteiger partial charge in [0, 0.05) is 12.6 Å². The Balaban J connectivity index is 2.52. The normalized spacial score (nSPS) is 12.4. The van der Waals surface area contributed by atoms with Crippen molar-refractivity contribution in [1.82, 2.24) is 10.6 Å². The molecule has 0 spiro atoms. The van der Waals surface area contributed by atoms with E-state index in [4.69, 9.17) is 4.74 Å². The van der Waals surface area contributed by atoms with E-state index < -0.39 is 11.7 Å². The second-order valence-corrected chi connectivity index (χ2v) is 4.93. The van der Waals surface area contributed by atoms with Crippen molar-refractivity contribution < 1.29 is 17.9 Å². The first kappa shape index (κ1) is 18.1. The average molecular weight is 317 g/mol. The summed E-state index contributed by atoms with van der Waals surface area (Å²) < 4.78 is 43.0. The van der Waals surface area contributed by atoms with Crippen molar-refractivity contribution in [1.29, 1.82) is 0 Å². The number of rotatable bonds is 6. The van der Waals surface area contributed by atoms with E-state index in [1.54, 1.807) is 0 Å². The van der Waals surface area contributed by atoms with Crippen LogP contribution in [-0.4, -0.2) is 31.7 Å². The molecule has 0 heterocycles. The summed E-state index contributed by atoms with van der Waals surface area (Å²) in [5.41, 5.74) is -0.719. The van der Waals surface area contributed by atoms with Crippen molar-refractivity contribution in [2.45, 2.75) is 33.0 Å². The molecule has 4 nitrogen and oxygen atoms in total. The van der Waals surface area contributed by atoms with Gasteiger partial charge in [0.2, 0.25) is 0 Å². The van der Waals surface area contributed by atoms with Crippen molar-refractivity contribution in [3.63, 3.8) is 0 Å². The van der Waals surface area contributed by atoms with Crippen molar-refractivity contribution in [3.8, 4) is 5.75 Å². The molecule has 1 aromatic rings. The summed E-state index contributed by atoms with van der Waals surface area (Å²) in [5.74, 6) is 0.844. The molecule has 0 atom stereocenters. The predicted octanol–water partition coefficient (Wildman–Crippen LogP) is 3.05. The number of ether oxygens (including phenoxy) is 1. The van der Waals surface area contributed by atoms with E-state index in [9.17, 15) is 13.2 Å². The maximum atomic E-state index is 12.6. The number of hydrogen-bond acceptors (Lipinski definition) is 2. The number of hydrogen-bond donors (Lipinski definition) is 2. The number of halogens is 3. The van der Waals surface area contributed by atoms with Crippen LogP contribution in [0.4, 0.5) is 13.2 Å². The molecule has 0 aromatic heterocycles. The highest BCUT2D eigenvalue weighted by Crippen LogP contribution is 2.31. The number of nitrogens with one attached hydrogen (secondary N) is 2. The van der Waals surface area contributed by atoms with Crippen LogP contribution >= 0.6 is 0 Å².